The first-order valence-corrected chi connectivity index (χ1v) is 9.24. The Morgan fingerprint density at radius 3 is 2.10 bits per heavy atom. The number of hydrogen-bond donors (Lipinski definition) is 0. The molecule has 0 radical (unpaired) electrons. The standard InChI is InChI=1S/C19H32O2/c1-2-3-4-5-16-6-8-17(9-7-16)18-10-12-19(13-11-18)20-14-15-21-19/h3-4,16-18H,2,5-15H2,1H3/b4-3-. The van der Waals surface area contributed by atoms with Crippen LogP contribution in [-0.4, -0.2) is 19.0 Å². The van der Waals surface area contributed by atoms with Gasteiger partial charge in [-0.1, -0.05) is 19.1 Å². The minimum absolute atomic E-state index is 0.168. The lowest BCUT2D eigenvalue weighted by molar-refractivity contribution is -0.185. The average molecular weight is 292 g/mol. The molecule has 0 aromatic heterocycles. The van der Waals surface area contributed by atoms with E-state index >= 15 is 0 Å². The van der Waals surface area contributed by atoms with Gasteiger partial charge >= 0.3 is 0 Å². The van der Waals surface area contributed by atoms with Crippen LogP contribution < -0.4 is 0 Å². The highest BCUT2D eigenvalue weighted by Crippen LogP contribution is 2.45. The number of allylic oxidation sites excluding steroid dienone is 2. The van der Waals surface area contributed by atoms with E-state index in [0.29, 0.717) is 0 Å². The van der Waals surface area contributed by atoms with Gasteiger partial charge in [-0.25, -0.2) is 0 Å². The van der Waals surface area contributed by atoms with Crippen LogP contribution in [-0.2, 0) is 9.47 Å². The molecule has 21 heavy (non-hydrogen) atoms. The zero-order valence-corrected chi connectivity index (χ0v) is 13.7. The van der Waals surface area contributed by atoms with E-state index in [2.05, 4.69) is 19.1 Å². The summed E-state index contributed by atoms with van der Waals surface area (Å²) in [6.45, 7) is 3.84. The molecular formula is C19H32O2. The van der Waals surface area contributed by atoms with E-state index in [0.717, 1.165) is 43.8 Å². The lowest BCUT2D eigenvalue weighted by Crippen LogP contribution is -2.37. The second kappa shape index (κ2) is 7.28. The summed E-state index contributed by atoms with van der Waals surface area (Å²) in [6, 6.07) is 0. The van der Waals surface area contributed by atoms with E-state index in [9.17, 15) is 0 Å². The Bertz CT molecular complexity index is 325. The van der Waals surface area contributed by atoms with Gasteiger partial charge in [0.15, 0.2) is 5.79 Å². The summed E-state index contributed by atoms with van der Waals surface area (Å²) in [5, 5.41) is 0. The molecule has 1 saturated heterocycles. The SMILES string of the molecule is CC/C=C\CC1CCC(C2CCC3(CC2)OCCO3)CC1. The fourth-order valence-corrected chi connectivity index (χ4v) is 4.69. The Balaban J connectivity index is 1.40. The fourth-order valence-electron chi connectivity index (χ4n) is 4.69. The molecule has 0 unspecified atom stereocenters. The highest BCUT2D eigenvalue weighted by Gasteiger charge is 2.42. The average Bonchev–Trinajstić information content (AvgIpc) is 2.97. The summed E-state index contributed by atoms with van der Waals surface area (Å²) >= 11 is 0. The Hall–Kier alpha value is -0.340. The molecule has 0 bridgehead atoms. The van der Waals surface area contributed by atoms with E-state index in [1.807, 2.05) is 0 Å². The number of ether oxygens (including phenoxy) is 2. The van der Waals surface area contributed by atoms with Crippen LogP contribution >= 0.6 is 0 Å². The van der Waals surface area contributed by atoms with Crippen LogP contribution in [0.1, 0.15) is 71.1 Å². The van der Waals surface area contributed by atoms with Crippen LogP contribution in [0.2, 0.25) is 0 Å². The van der Waals surface area contributed by atoms with E-state index < -0.39 is 0 Å². The zero-order valence-electron chi connectivity index (χ0n) is 13.7. The molecule has 2 heteroatoms. The van der Waals surface area contributed by atoms with Crippen molar-refractivity contribution in [3.05, 3.63) is 12.2 Å². The topological polar surface area (TPSA) is 18.5 Å². The van der Waals surface area contributed by atoms with Crippen LogP contribution in [0.25, 0.3) is 0 Å². The predicted octanol–water partition coefficient (Wildman–Crippen LogP) is 5.08. The van der Waals surface area contributed by atoms with Crippen molar-refractivity contribution in [2.75, 3.05) is 13.2 Å². The lowest BCUT2D eigenvalue weighted by atomic mass is 9.69. The summed E-state index contributed by atoms with van der Waals surface area (Å²) in [5.74, 6) is 2.71. The molecule has 0 aromatic rings. The van der Waals surface area contributed by atoms with Gasteiger partial charge in [-0.3, -0.25) is 0 Å². The molecule has 2 saturated carbocycles. The number of rotatable bonds is 4. The Morgan fingerprint density at radius 1 is 0.857 bits per heavy atom. The van der Waals surface area contributed by atoms with Crippen LogP contribution in [0.15, 0.2) is 12.2 Å². The maximum absolute atomic E-state index is 5.86. The summed E-state index contributed by atoms with van der Waals surface area (Å²) in [6.07, 6.45) is 18.0. The first-order valence-electron chi connectivity index (χ1n) is 9.24. The monoisotopic (exact) mass is 292 g/mol. The van der Waals surface area contributed by atoms with Gasteiger partial charge in [0, 0.05) is 12.8 Å². The third-order valence-electron chi connectivity index (χ3n) is 6.04. The second-order valence-corrected chi connectivity index (χ2v) is 7.34. The molecule has 3 fully saturated rings. The largest absolute Gasteiger partial charge is 0.348 e. The first-order chi connectivity index (χ1) is 10.3. The van der Waals surface area contributed by atoms with Gasteiger partial charge in [0.1, 0.15) is 0 Å². The van der Waals surface area contributed by atoms with Crippen molar-refractivity contribution in [1.29, 1.82) is 0 Å². The molecule has 1 heterocycles. The highest BCUT2D eigenvalue weighted by molar-refractivity contribution is 4.89. The molecule has 2 nitrogen and oxygen atoms in total. The van der Waals surface area contributed by atoms with Crippen LogP contribution in [0.3, 0.4) is 0 Å². The summed E-state index contributed by atoms with van der Waals surface area (Å²) in [5.41, 5.74) is 0. The molecule has 3 aliphatic rings. The number of hydrogen-bond acceptors (Lipinski definition) is 2. The first kappa shape index (κ1) is 15.6. The van der Waals surface area contributed by atoms with Gasteiger partial charge in [0.05, 0.1) is 13.2 Å². The van der Waals surface area contributed by atoms with Crippen molar-refractivity contribution in [2.24, 2.45) is 17.8 Å². The van der Waals surface area contributed by atoms with E-state index in [4.69, 9.17) is 9.47 Å². The van der Waals surface area contributed by atoms with Crippen LogP contribution in [0.5, 0.6) is 0 Å². The Labute approximate surface area is 130 Å². The molecule has 0 amide bonds. The molecule has 0 atom stereocenters. The van der Waals surface area contributed by atoms with Gasteiger partial charge in [-0.15, -0.1) is 0 Å². The molecule has 120 valence electrons. The normalized spacial score (nSPS) is 34.0. The summed E-state index contributed by atoms with van der Waals surface area (Å²) < 4.78 is 11.7. The Morgan fingerprint density at radius 2 is 1.48 bits per heavy atom. The second-order valence-electron chi connectivity index (χ2n) is 7.34. The van der Waals surface area contributed by atoms with Gasteiger partial charge in [0.25, 0.3) is 0 Å². The van der Waals surface area contributed by atoms with Gasteiger partial charge in [0.2, 0.25) is 0 Å². The van der Waals surface area contributed by atoms with Gasteiger partial charge in [-0.05, 0) is 69.1 Å². The molecule has 1 aliphatic heterocycles. The van der Waals surface area contributed by atoms with Crippen LogP contribution in [0, 0.1) is 17.8 Å². The van der Waals surface area contributed by atoms with E-state index in [1.54, 1.807) is 0 Å². The van der Waals surface area contributed by atoms with Crippen molar-refractivity contribution in [1.82, 2.24) is 0 Å². The van der Waals surface area contributed by atoms with E-state index in [1.165, 1.54) is 51.4 Å². The van der Waals surface area contributed by atoms with Crippen molar-refractivity contribution in [3.63, 3.8) is 0 Å². The smallest absolute Gasteiger partial charge is 0.168 e. The predicted molar refractivity (Wildman–Crippen MR) is 86.1 cm³/mol. The van der Waals surface area contributed by atoms with Gasteiger partial charge < -0.3 is 9.47 Å². The van der Waals surface area contributed by atoms with Crippen molar-refractivity contribution < 1.29 is 9.47 Å². The molecule has 0 N–H and O–H groups in total. The highest BCUT2D eigenvalue weighted by atomic mass is 16.7. The third kappa shape index (κ3) is 3.90. The minimum Gasteiger partial charge on any atom is -0.348 e. The molecular weight excluding hydrogens is 260 g/mol. The quantitative estimate of drug-likeness (QED) is 0.672. The van der Waals surface area contributed by atoms with Crippen LogP contribution in [0.4, 0.5) is 0 Å². The third-order valence-corrected chi connectivity index (χ3v) is 6.04. The van der Waals surface area contributed by atoms with Crippen molar-refractivity contribution in [3.8, 4) is 0 Å². The Kier molecular flexibility index (Phi) is 5.39. The molecule has 0 aromatic carbocycles. The lowest BCUT2D eigenvalue weighted by Gasteiger charge is -2.40. The zero-order chi connectivity index (χ0) is 14.5. The summed E-state index contributed by atoms with van der Waals surface area (Å²) in [7, 11) is 0. The van der Waals surface area contributed by atoms with Crippen molar-refractivity contribution >= 4 is 0 Å². The fraction of sp³-hybridized carbons (Fsp3) is 0.895. The molecule has 1 spiro atoms. The maximum atomic E-state index is 5.86. The minimum atomic E-state index is -0.168. The van der Waals surface area contributed by atoms with Gasteiger partial charge in [-0.2, -0.15) is 0 Å². The van der Waals surface area contributed by atoms with Crippen molar-refractivity contribution in [2.45, 2.75) is 76.9 Å². The van der Waals surface area contributed by atoms with E-state index in [-0.39, 0.29) is 5.79 Å². The summed E-state index contributed by atoms with van der Waals surface area (Å²) in [4.78, 5) is 0. The maximum Gasteiger partial charge on any atom is 0.168 e. The molecule has 2 aliphatic carbocycles. The molecule has 3 rings (SSSR count).